The molecule has 92 valence electrons. The molecule has 6 nitrogen and oxygen atoms in total. The fourth-order valence-corrected chi connectivity index (χ4v) is 1.24. The SMILES string of the molecule is CC(Cl)OC(=O)Nc1cccc(O)c1C(=O)O. The summed E-state index contributed by atoms with van der Waals surface area (Å²) in [5.41, 5.74) is -1.33. The van der Waals surface area contributed by atoms with Gasteiger partial charge in [-0.1, -0.05) is 17.7 Å². The molecule has 3 N–H and O–H groups in total. The van der Waals surface area contributed by atoms with Gasteiger partial charge in [-0.05, 0) is 19.1 Å². The van der Waals surface area contributed by atoms with Gasteiger partial charge in [-0.3, -0.25) is 5.32 Å². The molecular formula is C10H10ClNO5. The molecule has 1 unspecified atom stereocenters. The van der Waals surface area contributed by atoms with Crippen molar-refractivity contribution in [2.75, 3.05) is 5.32 Å². The van der Waals surface area contributed by atoms with E-state index in [9.17, 15) is 14.7 Å². The molecule has 0 aliphatic heterocycles. The van der Waals surface area contributed by atoms with Crippen LogP contribution >= 0.6 is 11.6 Å². The molecule has 0 saturated heterocycles. The van der Waals surface area contributed by atoms with Crippen LogP contribution in [0.5, 0.6) is 5.75 Å². The van der Waals surface area contributed by atoms with Gasteiger partial charge in [0.1, 0.15) is 11.3 Å². The second-order valence-corrected chi connectivity index (χ2v) is 3.69. The van der Waals surface area contributed by atoms with E-state index in [1.54, 1.807) is 0 Å². The average molecular weight is 260 g/mol. The Hall–Kier alpha value is -1.95. The largest absolute Gasteiger partial charge is 0.507 e. The van der Waals surface area contributed by atoms with Gasteiger partial charge in [-0.15, -0.1) is 0 Å². The fraction of sp³-hybridized carbons (Fsp3) is 0.200. The lowest BCUT2D eigenvalue weighted by Gasteiger charge is -2.10. The molecule has 0 spiro atoms. The van der Waals surface area contributed by atoms with Crippen LogP contribution in [0.25, 0.3) is 0 Å². The van der Waals surface area contributed by atoms with Gasteiger partial charge >= 0.3 is 12.1 Å². The first-order valence-electron chi connectivity index (χ1n) is 4.58. The number of ether oxygens (including phenoxy) is 1. The van der Waals surface area contributed by atoms with Crippen molar-refractivity contribution < 1.29 is 24.5 Å². The lowest BCUT2D eigenvalue weighted by atomic mass is 10.1. The van der Waals surface area contributed by atoms with Gasteiger partial charge in [0, 0.05) is 0 Å². The molecule has 1 rings (SSSR count). The van der Waals surface area contributed by atoms with Crippen molar-refractivity contribution in [1.82, 2.24) is 0 Å². The van der Waals surface area contributed by atoms with Crippen LogP contribution in [0.4, 0.5) is 10.5 Å². The van der Waals surface area contributed by atoms with Gasteiger partial charge < -0.3 is 14.9 Å². The Morgan fingerprint density at radius 2 is 2.12 bits per heavy atom. The summed E-state index contributed by atoms with van der Waals surface area (Å²) >= 11 is 5.42. The summed E-state index contributed by atoms with van der Waals surface area (Å²) in [4.78, 5) is 22.1. The third-order valence-electron chi connectivity index (χ3n) is 1.76. The molecule has 1 aromatic carbocycles. The van der Waals surface area contributed by atoms with Crippen LogP contribution in [0.2, 0.25) is 0 Å². The summed E-state index contributed by atoms with van der Waals surface area (Å²) < 4.78 is 4.57. The highest BCUT2D eigenvalue weighted by molar-refractivity contribution is 6.20. The zero-order valence-corrected chi connectivity index (χ0v) is 9.56. The number of hydrogen-bond donors (Lipinski definition) is 3. The van der Waals surface area contributed by atoms with Gasteiger partial charge in [0.15, 0.2) is 5.56 Å². The highest BCUT2D eigenvalue weighted by atomic mass is 35.5. The highest BCUT2D eigenvalue weighted by Crippen LogP contribution is 2.25. The van der Waals surface area contributed by atoms with Crippen molar-refractivity contribution in [1.29, 1.82) is 0 Å². The first-order chi connectivity index (χ1) is 7.91. The average Bonchev–Trinajstić information content (AvgIpc) is 2.15. The number of carbonyl (C=O) groups is 2. The number of rotatable bonds is 3. The lowest BCUT2D eigenvalue weighted by Crippen LogP contribution is -2.18. The maximum atomic E-state index is 11.2. The van der Waals surface area contributed by atoms with Crippen molar-refractivity contribution in [3.63, 3.8) is 0 Å². The van der Waals surface area contributed by atoms with Crippen LogP contribution in [0.1, 0.15) is 17.3 Å². The van der Waals surface area contributed by atoms with E-state index < -0.39 is 28.9 Å². The molecule has 0 aromatic heterocycles. The summed E-state index contributed by atoms with van der Waals surface area (Å²) in [6.07, 6.45) is -0.902. The van der Waals surface area contributed by atoms with E-state index in [0.29, 0.717) is 0 Å². The van der Waals surface area contributed by atoms with E-state index >= 15 is 0 Å². The van der Waals surface area contributed by atoms with Crippen LogP contribution in [-0.4, -0.2) is 27.8 Å². The van der Waals surface area contributed by atoms with E-state index in [1.807, 2.05) is 0 Å². The number of carboxylic acid groups (broad SMARTS) is 1. The van der Waals surface area contributed by atoms with Crippen LogP contribution in [0.3, 0.4) is 0 Å². The van der Waals surface area contributed by atoms with Crippen LogP contribution < -0.4 is 5.32 Å². The Balaban J connectivity index is 2.95. The van der Waals surface area contributed by atoms with E-state index in [2.05, 4.69) is 10.1 Å². The quantitative estimate of drug-likeness (QED) is 0.724. The molecule has 0 aliphatic rings. The Morgan fingerprint density at radius 3 is 2.65 bits per heavy atom. The fourth-order valence-electron chi connectivity index (χ4n) is 1.16. The van der Waals surface area contributed by atoms with Crippen molar-refractivity contribution in [2.45, 2.75) is 12.5 Å². The molecule has 1 atom stereocenters. The molecule has 0 fully saturated rings. The number of phenols is 1. The smallest absolute Gasteiger partial charge is 0.413 e. The zero-order valence-electron chi connectivity index (χ0n) is 8.81. The molecule has 0 bridgehead atoms. The van der Waals surface area contributed by atoms with Crippen molar-refractivity contribution in [3.05, 3.63) is 23.8 Å². The monoisotopic (exact) mass is 259 g/mol. The molecule has 1 amide bonds. The molecule has 0 aliphatic carbocycles. The van der Waals surface area contributed by atoms with Gasteiger partial charge in [-0.2, -0.15) is 0 Å². The summed E-state index contributed by atoms with van der Waals surface area (Å²) in [5, 5.41) is 20.4. The van der Waals surface area contributed by atoms with Crippen LogP contribution in [0, 0.1) is 0 Å². The Morgan fingerprint density at radius 1 is 1.47 bits per heavy atom. The maximum absolute atomic E-state index is 11.2. The van der Waals surface area contributed by atoms with E-state index in [-0.39, 0.29) is 5.69 Å². The first-order valence-corrected chi connectivity index (χ1v) is 5.02. The predicted molar refractivity (Wildman–Crippen MR) is 60.5 cm³/mol. The second-order valence-electron chi connectivity index (χ2n) is 3.08. The molecule has 0 saturated carbocycles. The van der Waals surface area contributed by atoms with Crippen LogP contribution in [0.15, 0.2) is 18.2 Å². The number of halogens is 1. The first kappa shape index (κ1) is 13.1. The Labute approximate surface area is 102 Å². The minimum Gasteiger partial charge on any atom is -0.507 e. The number of aromatic carboxylic acids is 1. The lowest BCUT2D eigenvalue weighted by molar-refractivity contribution is 0.0695. The number of nitrogens with one attached hydrogen (secondary N) is 1. The maximum Gasteiger partial charge on any atom is 0.413 e. The number of anilines is 1. The van der Waals surface area contributed by atoms with E-state index in [0.717, 1.165) is 0 Å². The van der Waals surface area contributed by atoms with E-state index in [4.69, 9.17) is 16.7 Å². The van der Waals surface area contributed by atoms with Gasteiger partial charge in [0.25, 0.3) is 0 Å². The Kier molecular flexibility index (Phi) is 4.17. The third-order valence-corrected chi connectivity index (χ3v) is 1.85. The minimum absolute atomic E-state index is 0.0696. The van der Waals surface area contributed by atoms with Crippen LogP contribution in [-0.2, 0) is 4.74 Å². The van der Waals surface area contributed by atoms with Crippen molar-refractivity contribution in [3.8, 4) is 5.75 Å². The molecular weight excluding hydrogens is 250 g/mol. The number of carboxylic acids is 1. The molecule has 1 aromatic rings. The summed E-state index contributed by atoms with van der Waals surface area (Å²) in [7, 11) is 0. The topological polar surface area (TPSA) is 95.9 Å². The summed E-state index contributed by atoms with van der Waals surface area (Å²) in [5.74, 6) is -1.81. The van der Waals surface area contributed by atoms with Gasteiger partial charge in [-0.25, -0.2) is 9.59 Å². The number of alkyl halides is 1. The molecule has 0 heterocycles. The molecule has 7 heteroatoms. The number of aromatic hydroxyl groups is 1. The number of amides is 1. The van der Waals surface area contributed by atoms with E-state index in [1.165, 1.54) is 25.1 Å². The minimum atomic E-state index is -1.36. The Bertz CT molecular complexity index is 446. The molecule has 0 radical (unpaired) electrons. The standard InChI is InChI=1S/C10H10ClNO5/c1-5(11)17-10(16)12-6-3-2-4-7(13)8(6)9(14)15/h2-5,13H,1H3,(H,12,16)(H,14,15). The van der Waals surface area contributed by atoms with Crippen molar-refractivity contribution >= 4 is 29.4 Å². The van der Waals surface area contributed by atoms with Crippen molar-refractivity contribution in [2.24, 2.45) is 0 Å². The predicted octanol–water partition coefficient (Wildman–Crippen LogP) is 2.22. The van der Waals surface area contributed by atoms with Gasteiger partial charge in [0.2, 0.25) is 0 Å². The summed E-state index contributed by atoms with van der Waals surface area (Å²) in [6, 6.07) is 3.91. The molecule has 17 heavy (non-hydrogen) atoms. The van der Waals surface area contributed by atoms with Gasteiger partial charge in [0.05, 0.1) is 5.69 Å². The second kappa shape index (κ2) is 5.40. The third kappa shape index (κ3) is 3.53. The number of carbonyl (C=O) groups excluding carboxylic acids is 1. The number of hydrogen-bond acceptors (Lipinski definition) is 4. The highest BCUT2D eigenvalue weighted by Gasteiger charge is 2.17. The normalized spacial score (nSPS) is 11.6. The summed E-state index contributed by atoms with van der Waals surface area (Å²) in [6.45, 7) is 1.43. The number of benzene rings is 1. The zero-order chi connectivity index (χ0) is 13.0.